The zero-order valence-corrected chi connectivity index (χ0v) is 16.9. The van der Waals surface area contributed by atoms with Crippen molar-refractivity contribution in [1.82, 2.24) is 25.0 Å². The maximum atomic E-state index is 12.2. The highest BCUT2D eigenvalue weighted by atomic mass is 35.5. The van der Waals surface area contributed by atoms with Crippen LogP contribution < -0.4 is 16.8 Å². The molecule has 2 aromatic heterocycles. The summed E-state index contributed by atoms with van der Waals surface area (Å²) in [5.41, 5.74) is 0.769. The lowest BCUT2D eigenvalue weighted by atomic mass is 10.0. The minimum atomic E-state index is -0.704. The van der Waals surface area contributed by atoms with Gasteiger partial charge in [-0.25, -0.2) is 14.6 Å². The highest BCUT2D eigenvalue weighted by molar-refractivity contribution is 6.36. The molecular weight excluding hydrogens is 405 g/mol. The minimum absolute atomic E-state index is 0.00252. The molecule has 2 heterocycles. The Bertz CT molecular complexity index is 1200. The molecule has 0 aliphatic heterocycles. The van der Waals surface area contributed by atoms with Gasteiger partial charge in [0.05, 0.1) is 5.69 Å². The summed E-state index contributed by atoms with van der Waals surface area (Å²) in [5.74, 6) is 0.0480. The Kier molecular flexibility index (Phi) is 5.53. The van der Waals surface area contributed by atoms with E-state index in [-0.39, 0.29) is 17.2 Å². The summed E-state index contributed by atoms with van der Waals surface area (Å²) in [7, 11) is 1.60. The van der Waals surface area contributed by atoms with Crippen molar-refractivity contribution in [3.63, 3.8) is 0 Å². The summed E-state index contributed by atoms with van der Waals surface area (Å²) in [4.78, 5) is 37.4. The predicted molar refractivity (Wildman–Crippen MR) is 107 cm³/mol. The molecule has 0 atom stereocenters. The molecule has 10 heteroatoms. The SMILES string of the molecule is CC(C)c1cc(Cc2c(Cl)cc(-c3n[nH]c(=O)[nH]c3=O)cc2Cl)nn(C)c1=O. The second kappa shape index (κ2) is 7.73. The van der Waals surface area contributed by atoms with Crippen molar-refractivity contribution in [2.24, 2.45) is 7.05 Å². The molecule has 0 spiro atoms. The second-order valence-corrected chi connectivity index (χ2v) is 7.44. The molecule has 1 aromatic carbocycles. The van der Waals surface area contributed by atoms with Crippen LogP contribution in [-0.2, 0) is 13.5 Å². The van der Waals surface area contributed by atoms with Gasteiger partial charge in [0.1, 0.15) is 0 Å². The van der Waals surface area contributed by atoms with Crippen LogP contribution in [0.15, 0.2) is 32.6 Å². The first kappa shape index (κ1) is 20.0. The Hall–Kier alpha value is -2.71. The number of nitrogens with one attached hydrogen (secondary N) is 2. The van der Waals surface area contributed by atoms with Crippen LogP contribution >= 0.6 is 23.2 Å². The second-order valence-electron chi connectivity index (χ2n) is 6.63. The van der Waals surface area contributed by atoms with E-state index in [2.05, 4.69) is 20.3 Å². The summed E-state index contributed by atoms with van der Waals surface area (Å²) >= 11 is 12.8. The summed E-state index contributed by atoms with van der Waals surface area (Å²) < 4.78 is 1.30. The monoisotopic (exact) mass is 421 g/mol. The van der Waals surface area contributed by atoms with Crippen LogP contribution in [0.2, 0.25) is 10.0 Å². The Morgan fingerprint density at radius 1 is 1.11 bits per heavy atom. The van der Waals surface area contributed by atoms with Gasteiger partial charge < -0.3 is 0 Å². The zero-order chi connectivity index (χ0) is 20.6. The van der Waals surface area contributed by atoms with Crippen LogP contribution in [0.1, 0.15) is 36.6 Å². The number of aryl methyl sites for hydroxylation is 1. The molecule has 3 aromatic rings. The zero-order valence-electron chi connectivity index (χ0n) is 15.3. The first-order valence-corrected chi connectivity index (χ1v) is 9.17. The van der Waals surface area contributed by atoms with Gasteiger partial charge in [0.15, 0.2) is 5.69 Å². The van der Waals surface area contributed by atoms with Crippen molar-refractivity contribution in [3.05, 3.63) is 76.3 Å². The normalized spacial score (nSPS) is 11.2. The number of aromatic amines is 2. The summed E-state index contributed by atoms with van der Waals surface area (Å²) in [6.45, 7) is 3.87. The van der Waals surface area contributed by atoms with Gasteiger partial charge in [0, 0.05) is 34.6 Å². The molecule has 3 rings (SSSR count). The molecular formula is C18H17Cl2N5O3. The fourth-order valence-corrected chi connectivity index (χ4v) is 3.45. The topological polar surface area (TPSA) is 114 Å². The van der Waals surface area contributed by atoms with Gasteiger partial charge in [-0.1, -0.05) is 37.0 Å². The Morgan fingerprint density at radius 2 is 1.75 bits per heavy atom. The van der Waals surface area contributed by atoms with Crippen molar-refractivity contribution < 1.29 is 0 Å². The Morgan fingerprint density at radius 3 is 2.32 bits per heavy atom. The third kappa shape index (κ3) is 3.93. The average molecular weight is 422 g/mol. The number of hydrogen-bond donors (Lipinski definition) is 2. The first-order chi connectivity index (χ1) is 13.2. The molecule has 0 radical (unpaired) electrons. The Balaban J connectivity index is 2.04. The molecule has 2 N–H and O–H groups in total. The predicted octanol–water partition coefficient (Wildman–Crippen LogP) is 2.24. The molecule has 0 aliphatic rings. The van der Waals surface area contributed by atoms with Gasteiger partial charge in [-0.3, -0.25) is 14.6 Å². The van der Waals surface area contributed by atoms with Crippen LogP contribution in [0.3, 0.4) is 0 Å². The van der Waals surface area contributed by atoms with Crippen molar-refractivity contribution in [2.45, 2.75) is 26.2 Å². The number of H-pyrrole nitrogens is 2. The van der Waals surface area contributed by atoms with Crippen LogP contribution in [0.4, 0.5) is 0 Å². The van der Waals surface area contributed by atoms with E-state index < -0.39 is 11.2 Å². The lowest BCUT2D eigenvalue weighted by molar-refractivity contribution is 0.658. The van der Waals surface area contributed by atoms with Crippen LogP contribution in [0.25, 0.3) is 11.3 Å². The van der Waals surface area contributed by atoms with Crippen LogP contribution in [0.5, 0.6) is 0 Å². The fraction of sp³-hybridized carbons (Fsp3) is 0.278. The van der Waals surface area contributed by atoms with E-state index in [9.17, 15) is 14.4 Å². The van der Waals surface area contributed by atoms with E-state index in [4.69, 9.17) is 23.2 Å². The van der Waals surface area contributed by atoms with Crippen molar-refractivity contribution in [3.8, 4) is 11.3 Å². The molecule has 8 nitrogen and oxygen atoms in total. The molecule has 28 heavy (non-hydrogen) atoms. The van der Waals surface area contributed by atoms with Gasteiger partial charge in [-0.2, -0.15) is 10.2 Å². The number of benzene rings is 1. The molecule has 146 valence electrons. The van der Waals surface area contributed by atoms with Gasteiger partial charge in [-0.15, -0.1) is 0 Å². The fourth-order valence-electron chi connectivity index (χ4n) is 2.83. The van der Waals surface area contributed by atoms with E-state index in [0.717, 1.165) is 0 Å². The Labute approximate surface area is 169 Å². The molecule has 0 unspecified atom stereocenters. The molecule has 0 bridgehead atoms. The van der Waals surface area contributed by atoms with Crippen molar-refractivity contribution in [2.75, 3.05) is 0 Å². The lowest BCUT2D eigenvalue weighted by Crippen LogP contribution is -2.25. The quantitative estimate of drug-likeness (QED) is 0.670. The third-order valence-electron chi connectivity index (χ3n) is 4.25. The van der Waals surface area contributed by atoms with E-state index >= 15 is 0 Å². The van der Waals surface area contributed by atoms with E-state index in [0.29, 0.717) is 38.9 Å². The van der Waals surface area contributed by atoms with Gasteiger partial charge in [0.25, 0.3) is 11.1 Å². The maximum Gasteiger partial charge on any atom is 0.342 e. The largest absolute Gasteiger partial charge is 0.342 e. The van der Waals surface area contributed by atoms with E-state index in [1.54, 1.807) is 25.2 Å². The molecule has 0 saturated carbocycles. The van der Waals surface area contributed by atoms with Gasteiger partial charge in [-0.05, 0) is 29.7 Å². The molecule has 0 aliphatic carbocycles. The maximum absolute atomic E-state index is 12.2. The van der Waals surface area contributed by atoms with Gasteiger partial charge in [0.2, 0.25) is 0 Å². The number of halogens is 2. The summed E-state index contributed by atoms with van der Waals surface area (Å²) in [6.07, 6.45) is 0.307. The van der Waals surface area contributed by atoms with Crippen molar-refractivity contribution >= 4 is 23.2 Å². The van der Waals surface area contributed by atoms with E-state index in [1.807, 2.05) is 13.8 Å². The first-order valence-electron chi connectivity index (χ1n) is 8.41. The number of rotatable bonds is 4. The smallest absolute Gasteiger partial charge is 0.271 e. The van der Waals surface area contributed by atoms with Crippen LogP contribution in [0, 0.1) is 0 Å². The number of aromatic nitrogens is 5. The lowest BCUT2D eigenvalue weighted by Gasteiger charge is -2.12. The van der Waals surface area contributed by atoms with Crippen LogP contribution in [-0.4, -0.2) is 25.0 Å². The third-order valence-corrected chi connectivity index (χ3v) is 4.92. The minimum Gasteiger partial charge on any atom is -0.271 e. The van der Waals surface area contributed by atoms with Crippen molar-refractivity contribution in [1.29, 1.82) is 0 Å². The standard InChI is InChI=1S/C18H17Cl2N5O3/c1-8(2)11-6-10(24-25(3)17(11)27)7-12-13(19)4-9(5-14(12)20)15-16(26)21-18(28)23-22-15/h4-6,8H,7H2,1-3H3,(H2,21,23,26,28). The van der Waals surface area contributed by atoms with E-state index in [1.165, 1.54) is 4.68 Å². The highest BCUT2D eigenvalue weighted by Gasteiger charge is 2.16. The highest BCUT2D eigenvalue weighted by Crippen LogP contribution is 2.31. The molecule has 0 amide bonds. The average Bonchev–Trinajstić information content (AvgIpc) is 2.60. The summed E-state index contributed by atoms with van der Waals surface area (Å²) in [6, 6.07) is 4.84. The molecule has 0 saturated heterocycles. The van der Waals surface area contributed by atoms with Gasteiger partial charge >= 0.3 is 5.69 Å². The number of hydrogen-bond acceptors (Lipinski definition) is 5. The molecule has 0 fully saturated rings. The summed E-state index contributed by atoms with van der Waals surface area (Å²) in [5, 5.41) is 10.8. The number of nitrogens with zero attached hydrogens (tertiary/aromatic N) is 3.